The van der Waals surface area contributed by atoms with Gasteiger partial charge in [0.15, 0.2) is 0 Å². The first-order valence-electron chi connectivity index (χ1n) is 5.05. The van der Waals surface area contributed by atoms with E-state index < -0.39 is 5.82 Å². The molecule has 0 saturated heterocycles. The van der Waals surface area contributed by atoms with E-state index in [1.54, 1.807) is 18.5 Å². The highest BCUT2D eigenvalue weighted by Crippen LogP contribution is 2.16. The second-order valence-electron chi connectivity index (χ2n) is 3.49. The van der Waals surface area contributed by atoms with Gasteiger partial charge in [-0.3, -0.25) is 9.78 Å². The van der Waals surface area contributed by atoms with Crippen LogP contribution in [-0.4, -0.2) is 11.3 Å². The minimum Gasteiger partial charge on any atom is -0.489 e. The highest BCUT2D eigenvalue weighted by Gasteiger charge is 2.01. The summed E-state index contributed by atoms with van der Waals surface area (Å²) in [5.41, 5.74) is 1.13. The monoisotopic (exact) mass is 231 g/mol. The first-order chi connectivity index (χ1) is 8.28. The first kappa shape index (κ1) is 11.3. The summed E-state index contributed by atoms with van der Waals surface area (Å²) < 4.78 is 18.5. The van der Waals surface area contributed by atoms with Gasteiger partial charge in [0, 0.05) is 29.6 Å². The third kappa shape index (κ3) is 3.11. The molecule has 0 aliphatic rings. The van der Waals surface area contributed by atoms with Crippen molar-refractivity contribution < 1.29 is 13.9 Å². The zero-order valence-electron chi connectivity index (χ0n) is 8.97. The van der Waals surface area contributed by atoms with Gasteiger partial charge in [-0.05, 0) is 18.2 Å². The number of carbonyl (C=O) groups is 1. The Morgan fingerprint density at radius 2 is 2.24 bits per heavy atom. The molecule has 0 atom stereocenters. The molecule has 1 heterocycles. The number of carbonyl (C=O) groups excluding carboxylic acids is 1. The average molecular weight is 231 g/mol. The molecule has 0 saturated carbocycles. The number of pyridine rings is 1. The van der Waals surface area contributed by atoms with E-state index in [1.165, 1.54) is 12.1 Å². The molecule has 0 aliphatic heterocycles. The Balaban J connectivity index is 2.09. The van der Waals surface area contributed by atoms with Crippen LogP contribution in [0, 0.1) is 5.82 Å². The SMILES string of the molecule is O=Cc1cc(F)cc(OCc2cccnc2)c1. The lowest BCUT2D eigenvalue weighted by atomic mass is 10.2. The van der Waals surface area contributed by atoms with E-state index in [4.69, 9.17) is 4.74 Å². The van der Waals surface area contributed by atoms with Crippen molar-refractivity contribution in [2.24, 2.45) is 0 Å². The Hall–Kier alpha value is -2.23. The van der Waals surface area contributed by atoms with Gasteiger partial charge >= 0.3 is 0 Å². The predicted molar refractivity (Wildman–Crippen MR) is 60.4 cm³/mol. The standard InChI is InChI=1S/C13H10FNO2/c14-12-4-11(8-16)5-13(6-12)17-9-10-2-1-3-15-7-10/h1-8H,9H2. The summed E-state index contributed by atoms with van der Waals surface area (Å²) >= 11 is 0. The highest BCUT2D eigenvalue weighted by atomic mass is 19.1. The van der Waals surface area contributed by atoms with Crippen LogP contribution >= 0.6 is 0 Å². The molecule has 17 heavy (non-hydrogen) atoms. The molecule has 0 amide bonds. The van der Waals surface area contributed by atoms with Gasteiger partial charge in [0.1, 0.15) is 24.5 Å². The fraction of sp³-hybridized carbons (Fsp3) is 0.0769. The minimum atomic E-state index is -0.490. The zero-order valence-corrected chi connectivity index (χ0v) is 8.97. The number of rotatable bonds is 4. The molecule has 2 rings (SSSR count). The maximum atomic E-state index is 13.1. The van der Waals surface area contributed by atoms with Crippen LogP contribution in [0.1, 0.15) is 15.9 Å². The normalized spacial score (nSPS) is 9.94. The van der Waals surface area contributed by atoms with Gasteiger partial charge in [0.05, 0.1) is 0 Å². The predicted octanol–water partition coefficient (Wildman–Crippen LogP) is 2.61. The highest BCUT2D eigenvalue weighted by molar-refractivity contribution is 5.75. The number of hydrogen-bond donors (Lipinski definition) is 0. The molecule has 3 nitrogen and oxygen atoms in total. The third-order valence-corrected chi connectivity index (χ3v) is 2.16. The van der Waals surface area contributed by atoms with Crippen molar-refractivity contribution >= 4 is 6.29 Å². The number of halogens is 1. The molecule has 0 N–H and O–H groups in total. The summed E-state index contributed by atoms with van der Waals surface area (Å²) in [4.78, 5) is 14.5. The molecule has 0 fully saturated rings. The Kier molecular flexibility index (Phi) is 3.45. The largest absolute Gasteiger partial charge is 0.489 e. The Bertz CT molecular complexity index is 514. The van der Waals surface area contributed by atoms with Crippen LogP contribution in [-0.2, 0) is 6.61 Å². The Morgan fingerprint density at radius 3 is 2.94 bits per heavy atom. The van der Waals surface area contributed by atoms with Crippen molar-refractivity contribution in [2.45, 2.75) is 6.61 Å². The first-order valence-corrected chi connectivity index (χ1v) is 5.05. The second-order valence-corrected chi connectivity index (χ2v) is 3.49. The van der Waals surface area contributed by atoms with E-state index in [9.17, 15) is 9.18 Å². The van der Waals surface area contributed by atoms with Gasteiger partial charge in [-0.25, -0.2) is 4.39 Å². The van der Waals surface area contributed by atoms with Crippen molar-refractivity contribution in [2.75, 3.05) is 0 Å². The molecular formula is C13H10FNO2. The number of nitrogens with zero attached hydrogens (tertiary/aromatic N) is 1. The fourth-order valence-electron chi connectivity index (χ4n) is 1.39. The van der Waals surface area contributed by atoms with Crippen LogP contribution in [0.15, 0.2) is 42.7 Å². The number of aldehydes is 1. The summed E-state index contributed by atoms with van der Waals surface area (Å²) in [5.74, 6) is -0.160. The van der Waals surface area contributed by atoms with Crippen LogP contribution in [0.4, 0.5) is 4.39 Å². The quantitative estimate of drug-likeness (QED) is 0.759. The van der Waals surface area contributed by atoms with Crippen molar-refractivity contribution in [3.05, 3.63) is 59.7 Å². The molecule has 0 bridgehead atoms. The van der Waals surface area contributed by atoms with Crippen molar-refractivity contribution in [1.82, 2.24) is 4.98 Å². The number of aromatic nitrogens is 1. The summed E-state index contributed by atoms with van der Waals surface area (Å²) in [6, 6.07) is 7.54. The third-order valence-electron chi connectivity index (χ3n) is 2.16. The number of ether oxygens (including phenoxy) is 1. The average Bonchev–Trinajstić information content (AvgIpc) is 2.37. The Morgan fingerprint density at radius 1 is 1.35 bits per heavy atom. The maximum absolute atomic E-state index is 13.1. The minimum absolute atomic E-state index is 0.256. The van der Waals surface area contributed by atoms with Crippen LogP contribution in [0.3, 0.4) is 0 Å². The van der Waals surface area contributed by atoms with Gasteiger partial charge in [-0.2, -0.15) is 0 Å². The smallest absolute Gasteiger partial charge is 0.150 e. The number of benzene rings is 1. The fourth-order valence-corrected chi connectivity index (χ4v) is 1.39. The summed E-state index contributed by atoms with van der Waals surface area (Å²) in [6.07, 6.45) is 3.91. The van der Waals surface area contributed by atoms with E-state index in [-0.39, 0.29) is 12.2 Å². The van der Waals surface area contributed by atoms with E-state index in [1.807, 2.05) is 6.07 Å². The van der Waals surface area contributed by atoms with Gasteiger partial charge in [0.25, 0.3) is 0 Å². The number of hydrogen-bond acceptors (Lipinski definition) is 3. The van der Waals surface area contributed by atoms with Crippen LogP contribution in [0.2, 0.25) is 0 Å². The van der Waals surface area contributed by atoms with Gasteiger partial charge in [0.2, 0.25) is 0 Å². The zero-order chi connectivity index (χ0) is 12.1. The van der Waals surface area contributed by atoms with Crippen molar-refractivity contribution in [3.63, 3.8) is 0 Å². The van der Waals surface area contributed by atoms with E-state index in [0.717, 1.165) is 11.6 Å². The summed E-state index contributed by atoms with van der Waals surface area (Å²) in [6.45, 7) is 0.287. The van der Waals surface area contributed by atoms with Crippen LogP contribution in [0.25, 0.3) is 0 Å². The molecule has 0 unspecified atom stereocenters. The van der Waals surface area contributed by atoms with E-state index >= 15 is 0 Å². The summed E-state index contributed by atoms with van der Waals surface area (Å²) in [7, 11) is 0. The summed E-state index contributed by atoms with van der Waals surface area (Å²) in [5, 5.41) is 0. The lowest BCUT2D eigenvalue weighted by Crippen LogP contribution is -1.97. The molecule has 0 radical (unpaired) electrons. The van der Waals surface area contributed by atoms with E-state index in [2.05, 4.69) is 4.98 Å². The molecule has 1 aromatic heterocycles. The van der Waals surface area contributed by atoms with Crippen LogP contribution < -0.4 is 4.74 Å². The van der Waals surface area contributed by atoms with Crippen molar-refractivity contribution in [1.29, 1.82) is 0 Å². The topological polar surface area (TPSA) is 39.2 Å². The van der Waals surface area contributed by atoms with Gasteiger partial charge < -0.3 is 4.74 Å². The van der Waals surface area contributed by atoms with E-state index in [0.29, 0.717) is 12.0 Å². The van der Waals surface area contributed by atoms with Gasteiger partial charge in [-0.15, -0.1) is 0 Å². The van der Waals surface area contributed by atoms with Crippen molar-refractivity contribution in [3.8, 4) is 5.75 Å². The molecule has 86 valence electrons. The molecular weight excluding hydrogens is 221 g/mol. The second kappa shape index (κ2) is 5.21. The molecule has 1 aromatic carbocycles. The molecule has 4 heteroatoms. The van der Waals surface area contributed by atoms with Gasteiger partial charge in [-0.1, -0.05) is 6.07 Å². The molecule has 2 aromatic rings. The molecule has 0 aliphatic carbocycles. The Labute approximate surface area is 97.9 Å². The molecule has 0 spiro atoms. The van der Waals surface area contributed by atoms with Crippen LogP contribution in [0.5, 0.6) is 5.75 Å². The lowest BCUT2D eigenvalue weighted by Gasteiger charge is -2.06. The lowest BCUT2D eigenvalue weighted by molar-refractivity contribution is 0.112. The maximum Gasteiger partial charge on any atom is 0.150 e.